The highest BCUT2D eigenvalue weighted by molar-refractivity contribution is 5.78. The molecule has 170 valence electrons. The number of halogens is 1. The van der Waals surface area contributed by atoms with Crippen LogP contribution in [-0.2, 0) is 9.53 Å². The van der Waals surface area contributed by atoms with Gasteiger partial charge in [0.05, 0.1) is 11.7 Å². The van der Waals surface area contributed by atoms with E-state index in [1.165, 1.54) is 22.7 Å². The van der Waals surface area contributed by atoms with Crippen LogP contribution in [0.2, 0.25) is 0 Å². The van der Waals surface area contributed by atoms with Gasteiger partial charge in [0.25, 0.3) is 11.5 Å². The molecule has 2 aromatic heterocycles. The van der Waals surface area contributed by atoms with Crippen molar-refractivity contribution < 1.29 is 18.7 Å². The number of carbonyl (C=O) groups is 1. The van der Waals surface area contributed by atoms with E-state index in [4.69, 9.17) is 9.47 Å². The van der Waals surface area contributed by atoms with Crippen molar-refractivity contribution in [3.05, 3.63) is 64.0 Å². The van der Waals surface area contributed by atoms with Gasteiger partial charge in [-0.15, -0.1) is 0 Å². The van der Waals surface area contributed by atoms with E-state index in [9.17, 15) is 14.0 Å². The molecule has 0 saturated carbocycles. The summed E-state index contributed by atoms with van der Waals surface area (Å²) >= 11 is 0. The van der Waals surface area contributed by atoms with Gasteiger partial charge in [0, 0.05) is 37.0 Å². The van der Waals surface area contributed by atoms with Gasteiger partial charge in [0.15, 0.2) is 23.8 Å². The van der Waals surface area contributed by atoms with Crippen molar-refractivity contribution in [3.63, 3.8) is 0 Å². The van der Waals surface area contributed by atoms with E-state index < -0.39 is 17.8 Å². The van der Waals surface area contributed by atoms with Crippen molar-refractivity contribution in [2.24, 2.45) is 5.92 Å². The van der Waals surface area contributed by atoms with Crippen molar-refractivity contribution >= 4 is 11.6 Å². The molecule has 2 N–H and O–H groups in total. The number of hydrogen-bond donors (Lipinski definition) is 2. The predicted molar refractivity (Wildman–Crippen MR) is 116 cm³/mol. The lowest BCUT2D eigenvalue weighted by Gasteiger charge is -2.22. The fraction of sp³-hybridized carbons (Fsp3) is 0.435. The first kappa shape index (κ1) is 22.0. The molecule has 1 atom stereocenters. The SMILES string of the molecule is CC(C)[C@H](NC(=O)COc1ccccc1F)c1cc(=O)n2[nH]c(C3CCOCC3)cc2n1. The summed E-state index contributed by atoms with van der Waals surface area (Å²) in [7, 11) is 0. The molecule has 1 saturated heterocycles. The molecule has 32 heavy (non-hydrogen) atoms. The van der Waals surface area contributed by atoms with Crippen molar-refractivity contribution in [1.82, 2.24) is 19.9 Å². The van der Waals surface area contributed by atoms with Crippen LogP contribution in [0.25, 0.3) is 5.65 Å². The number of rotatable bonds is 7. The van der Waals surface area contributed by atoms with E-state index in [0.717, 1.165) is 18.5 Å². The van der Waals surface area contributed by atoms with Gasteiger partial charge in [-0.1, -0.05) is 26.0 Å². The highest BCUT2D eigenvalue weighted by atomic mass is 19.1. The van der Waals surface area contributed by atoms with Gasteiger partial charge in [-0.3, -0.25) is 14.7 Å². The number of amides is 1. The summed E-state index contributed by atoms with van der Waals surface area (Å²) in [4.78, 5) is 29.9. The third-order valence-corrected chi connectivity index (χ3v) is 5.65. The van der Waals surface area contributed by atoms with Gasteiger partial charge in [-0.25, -0.2) is 13.9 Å². The molecule has 1 aliphatic heterocycles. The van der Waals surface area contributed by atoms with Crippen molar-refractivity contribution in [3.8, 4) is 5.75 Å². The third kappa shape index (κ3) is 4.83. The molecule has 1 aliphatic rings. The topological polar surface area (TPSA) is 97.7 Å². The largest absolute Gasteiger partial charge is 0.481 e. The van der Waals surface area contributed by atoms with E-state index in [1.54, 1.807) is 12.1 Å². The number of aromatic nitrogens is 3. The van der Waals surface area contributed by atoms with Crippen molar-refractivity contribution in [2.75, 3.05) is 19.8 Å². The number of aromatic amines is 1. The smallest absolute Gasteiger partial charge is 0.272 e. The average Bonchev–Trinajstić information content (AvgIpc) is 3.22. The van der Waals surface area contributed by atoms with Gasteiger partial charge in [0.2, 0.25) is 0 Å². The lowest BCUT2D eigenvalue weighted by atomic mass is 9.97. The summed E-state index contributed by atoms with van der Waals surface area (Å²) in [5, 5.41) is 6.02. The van der Waals surface area contributed by atoms with Crippen molar-refractivity contribution in [2.45, 2.75) is 38.6 Å². The molecule has 4 rings (SSSR count). The minimum Gasteiger partial charge on any atom is -0.481 e. The maximum absolute atomic E-state index is 13.7. The number of H-pyrrole nitrogens is 1. The summed E-state index contributed by atoms with van der Waals surface area (Å²) in [6, 6.07) is 8.73. The normalized spacial score (nSPS) is 15.8. The third-order valence-electron chi connectivity index (χ3n) is 5.65. The van der Waals surface area contributed by atoms with Crippen LogP contribution in [0.15, 0.2) is 41.2 Å². The Hall–Kier alpha value is -3.20. The molecular weight excluding hydrogens is 415 g/mol. The summed E-state index contributed by atoms with van der Waals surface area (Å²) in [5.74, 6) is -0.686. The zero-order valence-electron chi connectivity index (χ0n) is 18.1. The Balaban J connectivity index is 1.52. The molecule has 0 spiro atoms. The number of fused-ring (bicyclic) bond motifs is 1. The minimum absolute atomic E-state index is 0.00880. The fourth-order valence-corrected chi connectivity index (χ4v) is 3.91. The minimum atomic E-state index is -0.534. The highest BCUT2D eigenvalue weighted by Crippen LogP contribution is 2.27. The number of ether oxygens (including phenoxy) is 2. The van der Waals surface area contributed by atoms with Crippen LogP contribution in [0.4, 0.5) is 4.39 Å². The second kappa shape index (κ2) is 9.52. The number of nitrogens with zero attached hydrogens (tertiary/aromatic N) is 2. The Morgan fingerprint density at radius 2 is 2.06 bits per heavy atom. The second-order valence-electron chi connectivity index (χ2n) is 8.32. The number of nitrogens with one attached hydrogen (secondary N) is 2. The Bertz CT molecular complexity index is 1150. The van der Waals surface area contributed by atoms with Crippen LogP contribution in [0.5, 0.6) is 5.75 Å². The lowest BCUT2D eigenvalue weighted by Crippen LogP contribution is -2.36. The lowest BCUT2D eigenvalue weighted by molar-refractivity contribution is -0.124. The Labute approximate surface area is 184 Å². The molecule has 3 aromatic rings. The first-order chi connectivity index (χ1) is 15.4. The van der Waals surface area contributed by atoms with Crippen LogP contribution < -0.4 is 15.6 Å². The zero-order chi connectivity index (χ0) is 22.7. The molecule has 8 nitrogen and oxygen atoms in total. The predicted octanol–water partition coefficient (Wildman–Crippen LogP) is 2.95. The number of hydrogen-bond acceptors (Lipinski definition) is 5. The monoisotopic (exact) mass is 442 g/mol. The first-order valence-electron chi connectivity index (χ1n) is 10.8. The quantitative estimate of drug-likeness (QED) is 0.586. The maximum Gasteiger partial charge on any atom is 0.272 e. The number of benzene rings is 1. The van der Waals surface area contributed by atoms with E-state index in [-0.39, 0.29) is 23.8 Å². The standard InChI is InChI=1S/C23H27FN4O4/c1-14(2)23(26-21(29)13-32-19-6-4-3-5-16(19)24)18-12-22(30)28-20(25-18)11-17(27-28)15-7-9-31-10-8-15/h3-6,11-12,14-15,23,27H,7-10,13H2,1-2H3,(H,26,29)/t23-/m0/s1. The first-order valence-corrected chi connectivity index (χ1v) is 10.8. The van der Waals surface area contributed by atoms with E-state index in [2.05, 4.69) is 15.4 Å². The van der Waals surface area contributed by atoms with Gasteiger partial charge in [0.1, 0.15) is 0 Å². The number of para-hydroxylation sites is 1. The summed E-state index contributed by atoms with van der Waals surface area (Å²) in [6.45, 7) is 4.91. The summed E-state index contributed by atoms with van der Waals surface area (Å²) in [6.07, 6.45) is 1.78. The molecule has 0 aliphatic carbocycles. The molecule has 1 fully saturated rings. The van der Waals surface area contributed by atoms with Crippen LogP contribution in [0.1, 0.15) is 50.0 Å². The van der Waals surface area contributed by atoms with Gasteiger partial charge < -0.3 is 14.8 Å². The fourth-order valence-electron chi connectivity index (χ4n) is 3.91. The van der Waals surface area contributed by atoms with Crippen LogP contribution in [-0.4, -0.2) is 40.3 Å². The zero-order valence-corrected chi connectivity index (χ0v) is 18.1. The molecule has 1 aromatic carbocycles. The molecule has 0 unspecified atom stereocenters. The van der Waals surface area contributed by atoms with Crippen molar-refractivity contribution in [1.29, 1.82) is 0 Å². The van der Waals surface area contributed by atoms with Gasteiger partial charge in [-0.2, -0.15) is 0 Å². The van der Waals surface area contributed by atoms with Crippen LogP contribution >= 0.6 is 0 Å². The van der Waals surface area contributed by atoms with Crippen LogP contribution in [0, 0.1) is 11.7 Å². The second-order valence-corrected chi connectivity index (χ2v) is 8.32. The number of carbonyl (C=O) groups excluding carboxylic acids is 1. The molecule has 3 heterocycles. The molecule has 0 bridgehead atoms. The Morgan fingerprint density at radius 1 is 1.31 bits per heavy atom. The van der Waals surface area contributed by atoms with Crippen LogP contribution in [0.3, 0.4) is 0 Å². The maximum atomic E-state index is 13.7. The Morgan fingerprint density at radius 3 is 2.78 bits per heavy atom. The molecule has 0 radical (unpaired) electrons. The average molecular weight is 442 g/mol. The van der Waals surface area contributed by atoms with Gasteiger partial charge in [-0.05, 0) is 30.9 Å². The molecule has 9 heteroatoms. The molecule has 1 amide bonds. The van der Waals surface area contributed by atoms with E-state index in [1.807, 2.05) is 19.9 Å². The summed E-state index contributed by atoms with van der Waals surface area (Å²) < 4.78 is 25.8. The van der Waals surface area contributed by atoms with E-state index >= 15 is 0 Å². The summed E-state index contributed by atoms with van der Waals surface area (Å²) in [5.41, 5.74) is 1.70. The van der Waals surface area contributed by atoms with E-state index in [0.29, 0.717) is 30.5 Å². The highest BCUT2D eigenvalue weighted by Gasteiger charge is 2.23. The van der Waals surface area contributed by atoms with Gasteiger partial charge >= 0.3 is 0 Å². The molecular formula is C23H27FN4O4. The Kier molecular flexibility index (Phi) is 6.55.